The molecular formula is C27H25F3N6O4. The van der Waals surface area contributed by atoms with Crippen LogP contribution in [0.4, 0.5) is 18.9 Å². The van der Waals surface area contributed by atoms with E-state index >= 15 is 0 Å². The Morgan fingerprint density at radius 1 is 1.05 bits per heavy atom. The molecule has 2 heterocycles. The van der Waals surface area contributed by atoms with Gasteiger partial charge in [-0.3, -0.25) is 19.1 Å². The quantitative estimate of drug-likeness (QED) is 0.270. The average Bonchev–Trinajstić information content (AvgIpc) is 3.23. The van der Waals surface area contributed by atoms with Crippen molar-refractivity contribution in [3.05, 3.63) is 88.4 Å². The zero-order valence-corrected chi connectivity index (χ0v) is 21.5. The minimum absolute atomic E-state index is 0.0514. The first-order valence-corrected chi connectivity index (χ1v) is 12.0. The molecule has 208 valence electrons. The molecule has 0 bridgehead atoms. The van der Waals surface area contributed by atoms with E-state index < -0.39 is 29.4 Å². The lowest BCUT2D eigenvalue weighted by molar-refractivity contribution is -0.140. The summed E-state index contributed by atoms with van der Waals surface area (Å²) in [7, 11) is 1.51. The number of primary amides is 1. The van der Waals surface area contributed by atoms with Gasteiger partial charge in [0.1, 0.15) is 5.69 Å². The van der Waals surface area contributed by atoms with Crippen LogP contribution in [0.1, 0.15) is 48.2 Å². The molecule has 0 unspecified atom stereocenters. The van der Waals surface area contributed by atoms with Gasteiger partial charge in [0.05, 0.1) is 35.6 Å². The van der Waals surface area contributed by atoms with E-state index in [1.54, 1.807) is 48.5 Å². The smallest absolute Gasteiger partial charge is 0.383 e. The zero-order chi connectivity index (χ0) is 29.0. The number of alkyl halides is 3. The second-order valence-electron chi connectivity index (χ2n) is 8.80. The molecule has 2 aromatic carbocycles. The highest BCUT2D eigenvalue weighted by Crippen LogP contribution is 2.36. The molecule has 4 rings (SSSR count). The van der Waals surface area contributed by atoms with E-state index in [0.29, 0.717) is 29.7 Å². The van der Waals surface area contributed by atoms with Crippen molar-refractivity contribution in [1.82, 2.24) is 20.1 Å². The zero-order valence-electron chi connectivity index (χ0n) is 21.5. The summed E-state index contributed by atoms with van der Waals surface area (Å²) in [5.74, 6) is -2.09. The van der Waals surface area contributed by atoms with E-state index in [4.69, 9.17) is 10.5 Å². The van der Waals surface area contributed by atoms with Crippen LogP contribution in [0, 0.1) is 6.92 Å². The van der Waals surface area contributed by atoms with Crippen molar-refractivity contribution in [2.45, 2.75) is 19.6 Å². The number of hydrogen-bond acceptors (Lipinski definition) is 6. The van der Waals surface area contributed by atoms with Crippen molar-refractivity contribution in [3.63, 3.8) is 0 Å². The minimum atomic E-state index is -4.87. The summed E-state index contributed by atoms with van der Waals surface area (Å²) in [5, 5.41) is 9.08. The van der Waals surface area contributed by atoms with Gasteiger partial charge in [-0.2, -0.15) is 18.3 Å². The molecule has 0 fully saturated rings. The largest absolute Gasteiger partial charge is 0.437 e. The molecule has 0 spiro atoms. The van der Waals surface area contributed by atoms with Gasteiger partial charge in [-0.05, 0) is 36.8 Å². The number of ether oxygens (including phenoxy) is 1. The van der Waals surface area contributed by atoms with Gasteiger partial charge in [0.2, 0.25) is 0 Å². The highest BCUT2D eigenvalue weighted by molar-refractivity contribution is 6.14. The Kier molecular flexibility index (Phi) is 8.14. The summed E-state index contributed by atoms with van der Waals surface area (Å²) >= 11 is 0. The van der Waals surface area contributed by atoms with Gasteiger partial charge in [0, 0.05) is 24.6 Å². The first kappa shape index (κ1) is 28.2. The maximum absolute atomic E-state index is 14.0. The van der Waals surface area contributed by atoms with Crippen LogP contribution in [-0.2, 0) is 17.5 Å². The maximum Gasteiger partial charge on any atom is 0.437 e. The number of fused-ring (bicyclic) bond motifs is 1. The molecule has 10 nitrogen and oxygen atoms in total. The van der Waals surface area contributed by atoms with Crippen LogP contribution in [-0.4, -0.2) is 52.7 Å². The summed E-state index contributed by atoms with van der Waals surface area (Å²) in [4.78, 5) is 41.3. The molecular weight excluding hydrogens is 529 g/mol. The molecule has 3 amide bonds. The fourth-order valence-electron chi connectivity index (χ4n) is 4.02. The highest BCUT2D eigenvalue weighted by atomic mass is 19.4. The summed E-state index contributed by atoms with van der Waals surface area (Å²) in [6.45, 7) is 2.03. The van der Waals surface area contributed by atoms with E-state index in [1.165, 1.54) is 14.0 Å². The number of nitrogens with two attached hydrogens (primary N) is 1. The Bertz CT molecular complexity index is 1580. The normalized spacial score (nSPS) is 11.4. The van der Waals surface area contributed by atoms with Crippen LogP contribution < -0.4 is 16.4 Å². The minimum Gasteiger partial charge on any atom is -0.383 e. The van der Waals surface area contributed by atoms with Crippen molar-refractivity contribution in [2.24, 2.45) is 5.73 Å². The standard InChI is InChI=1S/C27H25F3N6O4/c1-15-22(34-26(39)19-13-21(24(31)37)33-20-6-4-3-5-18(19)20)23(27(28,29)30)35-36(15)14-16-7-9-17(10-8-16)25(38)32-11-12-40-2/h3-10,13H,11-12,14H2,1-2H3,(H2,31,37)(H,32,38)(H,34,39). The second-order valence-corrected chi connectivity index (χ2v) is 8.80. The molecule has 13 heteroatoms. The first-order valence-electron chi connectivity index (χ1n) is 12.0. The van der Waals surface area contributed by atoms with Crippen molar-refractivity contribution in [2.75, 3.05) is 25.6 Å². The molecule has 4 N–H and O–H groups in total. The van der Waals surface area contributed by atoms with Gasteiger partial charge in [-0.1, -0.05) is 30.3 Å². The van der Waals surface area contributed by atoms with Gasteiger partial charge >= 0.3 is 6.18 Å². The SMILES string of the molecule is COCCNC(=O)c1ccc(Cn2nc(C(F)(F)F)c(NC(=O)c3cc(C(N)=O)nc4ccccc34)c2C)cc1. The summed E-state index contributed by atoms with van der Waals surface area (Å²) in [5.41, 5.74) is 4.55. The molecule has 0 aliphatic carbocycles. The van der Waals surface area contributed by atoms with Gasteiger partial charge in [-0.25, -0.2) is 4.98 Å². The van der Waals surface area contributed by atoms with Crippen LogP contribution in [0.25, 0.3) is 10.9 Å². The number of hydrogen-bond donors (Lipinski definition) is 3. The lowest BCUT2D eigenvalue weighted by Crippen LogP contribution is -2.26. The van der Waals surface area contributed by atoms with Gasteiger partial charge in [0.25, 0.3) is 17.7 Å². The van der Waals surface area contributed by atoms with Crippen LogP contribution in [0.15, 0.2) is 54.6 Å². The molecule has 0 saturated carbocycles. The third-order valence-corrected chi connectivity index (χ3v) is 6.07. The van der Waals surface area contributed by atoms with Crippen molar-refractivity contribution < 1.29 is 32.3 Å². The summed E-state index contributed by atoms with van der Waals surface area (Å²) in [6, 6.07) is 13.8. The fraction of sp³-hybridized carbons (Fsp3) is 0.222. The summed E-state index contributed by atoms with van der Waals surface area (Å²) in [6.07, 6.45) is -4.87. The van der Waals surface area contributed by atoms with E-state index in [0.717, 1.165) is 10.7 Å². The average molecular weight is 555 g/mol. The predicted molar refractivity (Wildman–Crippen MR) is 140 cm³/mol. The topological polar surface area (TPSA) is 141 Å². The number of carbonyl (C=O) groups excluding carboxylic acids is 3. The predicted octanol–water partition coefficient (Wildman–Crippen LogP) is 3.53. The van der Waals surface area contributed by atoms with E-state index in [1.807, 2.05) is 0 Å². The van der Waals surface area contributed by atoms with Crippen LogP contribution in [0.2, 0.25) is 0 Å². The number of pyridine rings is 1. The lowest BCUT2D eigenvalue weighted by Gasteiger charge is -2.11. The third kappa shape index (κ3) is 6.10. The molecule has 2 aromatic heterocycles. The number of anilines is 1. The number of carbonyl (C=O) groups is 3. The number of methoxy groups -OCH3 is 1. The van der Waals surface area contributed by atoms with Gasteiger partial charge < -0.3 is 21.1 Å². The number of benzene rings is 2. The number of aromatic nitrogens is 3. The van der Waals surface area contributed by atoms with Gasteiger partial charge in [-0.15, -0.1) is 0 Å². The first-order chi connectivity index (χ1) is 19.0. The molecule has 0 radical (unpaired) electrons. The monoisotopic (exact) mass is 554 g/mol. The third-order valence-electron chi connectivity index (χ3n) is 6.07. The molecule has 4 aromatic rings. The highest BCUT2D eigenvalue weighted by Gasteiger charge is 2.39. The second kappa shape index (κ2) is 11.5. The van der Waals surface area contributed by atoms with Crippen LogP contribution >= 0.6 is 0 Å². The molecule has 0 aliphatic heterocycles. The van der Waals surface area contributed by atoms with E-state index in [9.17, 15) is 27.6 Å². The Balaban J connectivity index is 1.63. The Labute approximate surface area is 226 Å². The van der Waals surface area contributed by atoms with E-state index in [-0.39, 0.29) is 34.9 Å². The number of rotatable bonds is 9. The number of nitrogens with zero attached hydrogens (tertiary/aromatic N) is 3. The fourth-order valence-corrected chi connectivity index (χ4v) is 4.02. The molecule has 0 aliphatic rings. The Morgan fingerprint density at radius 2 is 1.75 bits per heavy atom. The maximum atomic E-state index is 14.0. The van der Waals surface area contributed by atoms with Crippen LogP contribution in [0.3, 0.4) is 0 Å². The van der Waals surface area contributed by atoms with Crippen molar-refractivity contribution >= 4 is 34.3 Å². The van der Waals surface area contributed by atoms with Crippen LogP contribution in [0.5, 0.6) is 0 Å². The Morgan fingerprint density at radius 3 is 2.40 bits per heavy atom. The number of nitrogens with one attached hydrogen (secondary N) is 2. The van der Waals surface area contributed by atoms with Crippen molar-refractivity contribution in [1.29, 1.82) is 0 Å². The van der Waals surface area contributed by atoms with Gasteiger partial charge in [0.15, 0.2) is 5.69 Å². The summed E-state index contributed by atoms with van der Waals surface area (Å²) < 4.78 is 47.9. The van der Waals surface area contributed by atoms with E-state index in [2.05, 4.69) is 20.7 Å². The Hall–Kier alpha value is -4.78. The number of halogens is 3. The lowest BCUT2D eigenvalue weighted by atomic mass is 10.1. The molecule has 0 saturated heterocycles. The van der Waals surface area contributed by atoms with Crippen molar-refractivity contribution in [3.8, 4) is 0 Å². The molecule has 40 heavy (non-hydrogen) atoms. The molecule has 0 atom stereocenters. The number of para-hydroxylation sites is 1. The number of amides is 3.